The number of sulfonamides is 1. The average molecular weight is 374 g/mol. The molecule has 0 atom stereocenters. The minimum Gasteiger partial charge on any atom is -0.462 e. The lowest BCUT2D eigenvalue weighted by Crippen LogP contribution is -2.12. The van der Waals surface area contributed by atoms with Crippen molar-refractivity contribution in [2.24, 2.45) is 0 Å². The minimum absolute atomic E-state index is 0.130. The summed E-state index contributed by atoms with van der Waals surface area (Å²) < 4.78 is 32.4. The lowest BCUT2D eigenvalue weighted by molar-refractivity contribution is 0.0500. The summed E-state index contributed by atoms with van der Waals surface area (Å²) in [6, 6.07) is 9.04. The summed E-state index contributed by atoms with van der Waals surface area (Å²) in [5.41, 5.74) is 0.739. The van der Waals surface area contributed by atoms with Crippen molar-refractivity contribution in [1.29, 1.82) is 0 Å². The number of rotatable bonds is 7. The van der Waals surface area contributed by atoms with Gasteiger partial charge in [-0.1, -0.05) is 24.9 Å². The van der Waals surface area contributed by atoms with E-state index in [1.54, 1.807) is 0 Å². The van der Waals surface area contributed by atoms with Crippen molar-refractivity contribution >= 4 is 44.6 Å². The Morgan fingerprint density at radius 1 is 1.22 bits per heavy atom. The number of hydrogen-bond donors (Lipinski definition) is 1. The third-order valence-corrected chi connectivity index (χ3v) is 6.02. The molecule has 0 aliphatic carbocycles. The summed E-state index contributed by atoms with van der Waals surface area (Å²) in [4.78, 5) is 11.8. The Morgan fingerprint density at radius 3 is 2.48 bits per heavy atom. The van der Waals surface area contributed by atoms with Gasteiger partial charge in [0.05, 0.1) is 16.5 Å². The van der Waals surface area contributed by atoms with E-state index in [0.29, 0.717) is 22.2 Å². The molecule has 0 aliphatic rings. The first-order valence-corrected chi connectivity index (χ1v) is 9.65. The Hall–Kier alpha value is -1.57. The molecule has 0 aliphatic heterocycles. The first-order chi connectivity index (χ1) is 10.9. The number of hydrogen-bond acceptors (Lipinski definition) is 5. The van der Waals surface area contributed by atoms with E-state index >= 15 is 0 Å². The van der Waals surface area contributed by atoms with Crippen molar-refractivity contribution in [2.45, 2.75) is 24.0 Å². The van der Waals surface area contributed by atoms with E-state index in [1.807, 2.05) is 6.92 Å². The molecule has 124 valence electrons. The largest absolute Gasteiger partial charge is 0.462 e. The molecule has 1 aromatic heterocycles. The summed E-state index contributed by atoms with van der Waals surface area (Å²) in [5.74, 6) is -0.419. The fourth-order valence-electron chi connectivity index (χ4n) is 1.71. The molecule has 0 fully saturated rings. The smallest absolute Gasteiger partial charge is 0.338 e. The molecule has 0 amide bonds. The molecule has 2 aromatic rings. The summed E-state index contributed by atoms with van der Waals surface area (Å²) in [6.07, 6.45) is 1.76. The molecule has 0 unspecified atom stereocenters. The Morgan fingerprint density at radius 2 is 1.91 bits per heavy atom. The fourth-order valence-corrected chi connectivity index (χ4v) is 4.26. The molecule has 0 saturated carbocycles. The Labute approximate surface area is 144 Å². The van der Waals surface area contributed by atoms with Crippen LogP contribution < -0.4 is 4.72 Å². The first-order valence-electron chi connectivity index (χ1n) is 6.97. The van der Waals surface area contributed by atoms with E-state index in [1.165, 1.54) is 36.4 Å². The number of halogens is 1. The number of anilines is 1. The van der Waals surface area contributed by atoms with Crippen LogP contribution in [-0.4, -0.2) is 21.0 Å². The predicted molar refractivity (Wildman–Crippen MR) is 91.8 cm³/mol. The molecular weight excluding hydrogens is 358 g/mol. The van der Waals surface area contributed by atoms with E-state index in [2.05, 4.69) is 4.72 Å². The average Bonchev–Trinajstić information content (AvgIpc) is 2.95. The van der Waals surface area contributed by atoms with Gasteiger partial charge in [0, 0.05) is 5.69 Å². The molecule has 5 nitrogen and oxygen atoms in total. The number of nitrogens with one attached hydrogen (secondary N) is 1. The Bertz CT molecular complexity index is 769. The molecule has 2 rings (SSSR count). The Kier molecular flexibility index (Phi) is 6.04. The lowest BCUT2D eigenvalue weighted by atomic mass is 10.2. The molecular formula is C15H16ClNO4S2. The summed E-state index contributed by atoms with van der Waals surface area (Å²) >= 11 is 6.73. The maximum absolute atomic E-state index is 12.2. The summed E-state index contributed by atoms with van der Waals surface area (Å²) in [6.45, 7) is 2.39. The van der Waals surface area contributed by atoms with Gasteiger partial charge < -0.3 is 4.74 Å². The highest BCUT2D eigenvalue weighted by Gasteiger charge is 2.17. The predicted octanol–water partition coefficient (Wildman–Crippen LogP) is 4.16. The second-order valence-electron chi connectivity index (χ2n) is 4.73. The van der Waals surface area contributed by atoms with Crippen LogP contribution in [0, 0.1) is 0 Å². The van der Waals surface area contributed by atoms with E-state index in [0.717, 1.165) is 24.2 Å². The van der Waals surface area contributed by atoms with Gasteiger partial charge in [-0.05, 0) is 42.8 Å². The van der Waals surface area contributed by atoms with Gasteiger partial charge in [-0.3, -0.25) is 4.72 Å². The van der Waals surface area contributed by atoms with Crippen LogP contribution in [0.5, 0.6) is 0 Å². The van der Waals surface area contributed by atoms with Gasteiger partial charge >= 0.3 is 5.97 Å². The first kappa shape index (κ1) is 17.8. The fraction of sp³-hybridized carbons (Fsp3) is 0.267. The van der Waals surface area contributed by atoms with Crippen molar-refractivity contribution in [3.8, 4) is 0 Å². The van der Waals surface area contributed by atoms with Crippen LogP contribution in [-0.2, 0) is 14.8 Å². The summed E-state index contributed by atoms with van der Waals surface area (Å²) in [7, 11) is -3.68. The lowest BCUT2D eigenvalue weighted by Gasteiger charge is -2.07. The maximum atomic E-state index is 12.2. The monoisotopic (exact) mass is 373 g/mol. The molecule has 0 bridgehead atoms. The molecule has 0 radical (unpaired) electrons. The molecule has 1 aromatic carbocycles. The number of unbranched alkanes of at least 4 members (excludes halogenated alkanes) is 1. The quantitative estimate of drug-likeness (QED) is 0.584. The van der Waals surface area contributed by atoms with Gasteiger partial charge in [0.15, 0.2) is 0 Å². The van der Waals surface area contributed by atoms with E-state index in [4.69, 9.17) is 16.3 Å². The molecule has 1 heterocycles. The van der Waals surface area contributed by atoms with Gasteiger partial charge in [-0.25, -0.2) is 13.2 Å². The minimum atomic E-state index is -3.68. The topological polar surface area (TPSA) is 72.5 Å². The van der Waals surface area contributed by atoms with E-state index in [-0.39, 0.29) is 4.21 Å². The van der Waals surface area contributed by atoms with Crippen molar-refractivity contribution in [3.05, 3.63) is 46.3 Å². The van der Waals surface area contributed by atoms with E-state index < -0.39 is 16.0 Å². The maximum Gasteiger partial charge on any atom is 0.338 e. The highest BCUT2D eigenvalue weighted by molar-refractivity contribution is 7.94. The second kappa shape index (κ2) is 7.81. The van der Waals surface area contributed by atoms with Gasteiger partial charge in [-0.2, -0.15) is 0 Å². The molecule has 23 heavy (non-hydrogen) atoms. The number of esters is 1. The van der Waals surface area contributed by atoms with Crippen LogP contribution in [0.1, 0.15) is 30.1 Å². The zero-order valence-electron chi connectivity index (χ0n) is 12.4. The van der Waals surface area contributed by atoms with Gasteiger partial charge in [0.25, 0.3) is 10.0 Å². The van der Waals surface area contributed by atoms with Crippen LogP contribution in [0.25, 0.3) is 0 Å². The number of benzene rings is 1. The van der Waals surface area contributed by atoms with E-state index in [9.17, 15) is 13.2 Å². The van der Waals surface area contributed by atoms with Crippen molar-refractivity contribution in [2.75, 3.05) is 11.3 Å². The molecule has 1 N–H and O–H groups in total. The highest BCUT2D eigenvalue weighted by atomic mass is 35.5. The number of thiophene rings is 1. The molecule has 8 heteroatoms. The third kappa shape index (κ3) is 4.95. The van der Waals surface area contributed by atoms with Crippen LogP contribution in [0.3, 0.4) is 0 Å². The molecule has 0 spiro atoms. The SMILES string of the molecule is CCCCOC(=O)c1ccc(NS(=O)(=O)c2ccc(Cl)s2)cc1. The number of ether oxygens (including phenoxy) is 1. The van der Waals surface area contributed by atoms with Crippen LogP contribution in [0.15, 0.2) is 40.6 Å². The van der Waals surface area contributed by atoms with Crippen molar-refractivity contribution in [1.82, 2.24) is 0 Å². The second-order valence-corrected chi connectivity index (χ2v) is 8.36. The highest BCUT2D eigenvalue weighted by Crippen LogP contribution is 2.27. The number of carbonyl (C=O) groups excluding carboxylic acids is 1. The number of carbonyl (C=O) groups is 1. The van der Waals surface area contributed by atoms with Gasteiger partial charge in [-0.15, -0.1) is 11.3 Å². The van der Waals surface area contributed by atoms with Crippen LogP contribution in [0.4, 0.5) is 5.69 Å². The zero-order chi connectivity index (χ0) is 16.9. The standard InChI is InChI=1S/C15H16ClNO4S2/c1-2-3-10-21-15(18)11-4-6-12(7-5-11)17-23(19,20)14-9-8-13(16)22-14/h4-9,17H,2-3,10H2,1H3. The zero-order valence-corrected chi connectivity index (χ0v) is 14.8. The van der Waals surface area contributed by atoms with Crippen molar-refractivity contribution in [3.63, 3.8) is 0 Å². The Balaban J connectivity index is 2.04. The van der Waals surface area contributed by atoms with Crippen LogP contribution >= 0.6 is 22.9 Å². The van der Waals surface area contributed by atoms with Crippen LogP contribution in [0.2, 0.25) is 4.34 Å². The third-order valence-electron chi connectivity index (χ3n) is 2.92. The van der Waals surface area contributed by atoms with Gasteiger partial charge in [0.1, 0.15) is 4.21 Å². The van der Waals surface area contributed by atoms with Crippen molar-refractivity contribution < 1.29 is 17.9 Å². The molecule has 0 saturated heterocycles. The normalized spacial score (nSPS) is 11.2. The van der Waals surface area contributed by atoms with Gasteiger partial charge in [0.2, 0.25) is 0 Å². The summed E-state index contributed by atoms with van der Waals surface area (Å²) in [5, 5.41) is 0.